The highest BCUT2D eigenvalue weighted by Gasteiger charge is 2.31. The Balaban J connectivity index is 1.30. The molecule has 1 aromatic heterocycles. The van der Waals surface area contributed by atoms with Gasteiger partial charge in [0.15, 0.2) is 0 Å². The average molecular weight is 496 g/mol. The zero-order valence-electron chi connectivity index (χ0n) is 21.3. The number of allylic oxidation sites excluding steroid dienone is 4. The lowest BCUT2D eigenvalue weighted by Gasteiger charge is -2.43. The number of nitrogens with one attached hydrogen (secondary N) is 1. The highest BCUT2D eigenvalue weighted by atomic mass is 16.5. The molecule has 7 heteroatoms. The van der Waals surface area contributed by atoms with Crippen LogP contribution in [0.1, 0.15) is 17.3 Å². The summed E-state index contributed by atoms with van der Waals surface area (Å²) >= 11 is 0. The van der Waals surface area contributed by atoms with Crippen molar-refractivity contribution in [3.63, 3.8) is 0 Å². The number of aromatic amines is 1. The summed E-state index contributed by atoms with van der Waals surface area (Å²) < 4.78 is 5.70. The maximum absolute atomic E-state index is 13.4. The number of amides is 1. The predicted octanol–water partition coefficient (Wildman–Crippen LogP) is 4.41. The predicted molar refractivity (Wildman–Crippen MR) is 147 cm³/mol. The van der Waals surface area contributed by atoms with Crippen LogP contribution in [0.15, 0.2) is 96.2 Å². The summed E-state index contributed by atoms with van der Waals surface area (Å²) in [4.78, 5) is 25.9. The van der Waals surface area contributed by atoms with E-state index in [1.54, 1.807) is 0 Å². The van der Waals surface area contributed by atoms with Crippen LogP contribution in [0.3, 0.4) is 0 Å². The van der Waals surface area contributed by atoms with Crippen LogP contribution in [-0.2, 0) is 4.74 Å². The lowest BCUT2D eigenvalue weighted by molar-refractivity contribution is 0.0500. The van der Waals surface area contributed by atoms with Crippen molar-refractivity contribution in [2.75, 3.05) is 57.4 Å². The standard InChI is InChI=1S/C30H33N5O2/c1-23-8-7-13-28(29(33-18-20-37-21-19-33)35(23)24-9-3-2-4-10-24)32-14-16-34(17-15-32)30(36)26-22-31-27-12-6-5-11-25(26)27/h2-13,22,31H,14-21H2,1H3. The van der Waals surface area contributed by atoms with E-state index >= 15 is 0 Å². The number of fused-ring (bicyclic) bond motifs is 1. The first-order valence-electron chi connectivity index (χ1n) is 13.1. The van der Waals surface area contributed by atoms with E-state index in [2.05, 4.69) is 75.2 Å². The average Bonchev–Trinajstić information content (AvgIpc) is 3.31. The van der Waals surface area contributed by atoms with Gasteiger partial charge in [0.1, 0.15) is 5.82 Å². The van der Waals surface area contributed by atoms with Gasteiger partial charge in [-0.3, -0.25) is 9.69 Å². The fourth-order valence-corrected chi connectivity index (χ4v) is 5.51. The first-order chi connectivity index (χ1) is 18.2. The minimum Gasteiger partial charge on any atom is -0.378 e. The molecule has 2 fully saturated rings. The third kappa shape index (κ3) is 4.51. The Morgan fingerprint density at radius 2 is 1.59 bits per heavy atom. The summed E-state index contributed by atoms with van der Waals surface area (Å²) in [6, 6.07) is 18.6. The van der Waals surface area contributed by atoms with Gasteiger partial charge in [-0.15, -0.1) is 0 Å². The Morgan fingerprint density at radius 1 is 0.865 bits per heavy atom. The highest BCUT2D eigenvalue weighted by Crippen LogP contribution is 2.33. The molecule has 1 N–H and O–H groups in total. The third-order valence-corrected chi connectivity index (χ3v) is 7.44. The van der Waals surface area contributed by atoms with E-state index in [1.165, 1.54) is 17.2 Å². The van der Waals surface area contributed by atoms with Crippen molar-refractivity contribution >= 4 is 22.5 Å². The number of hydrogen-bond acceptors (Lipinski definition) is 5. The molecule has 6 rings (SSSR count). The van der Waals surface area contributed by atoms with E-state index in [-0.39, 0.29) is 5.91 Å². The molecule has 0 bridgehead atoms. The van der Waals surface area contributed by atoms with E-state index in [1.807, 2.05) is 35.4 Å². The quantitative estimate of drug-likeness (QED) is 0.581. The monoisotopic (exact) mass is 495 g/mol. The van der Waals surface area contributed by atoms with Crippen LogP contribution in [0.5, 0.6) is 0 Å². The summed E-state index contributed by atoms with van der Waals surface area (Å²) in [5, 5.41) is 0.985. The Morgan fingerprint density at radius 3 is 2.38 bits per heavy atom. The summed E-state index contributed by atoms with van der Waals surface area (Å²) in [7, 11) is 0. The Bertz CT molecular complexity index is 1360. The molecule has 7 nitrogen and oxygen atoms in total. The number of hydrogen-bond donors (Lipinski definition) is 1. The normalized spacial score (nSPS) is 18.9. The van der Waals surface area contributed by atoms with Gasteiger partial charge in [0, 0.05) is 67.8 Å². The molecule has 0 saturated carbocycles. The van der Waals surface area contributed by atoms with Crippen molar-refractivity contribution in [2.45, 2.75) is 6.92 Å². The van der Waals surface area contributed by atoms with Crippen LogP contribution in [0, 0.1) is 0 Å². The molecular formula is C30H33N5O2. The Labute approximate surface area is 217 Å². The smallest absolute Gasteiger partial charge is 0.256 e. The van der Waals surface area contributed by atoms with E-state index < -0.39 is 0 Å². The van der Waals surface area contributed by atoms with Crippen LogP contribution >= 0.6 is 0 Å². The van der Waals surface area contributed by atoms with Gasteiger partial charge in [-0.05, 0) is 37.3 Å². The van der Waals surface area contributed by atoms with Gasteiger partial charge in [0.05, 0.1) is 24.5 Å². The van der Waals surface area contributed by atoms with E-state index in [0.29, 0.717) is 13.1 Å². The molecule has 0 spiro atoms. The van der Waals surface area contributed by atoms with Crippen molar-refractivity contribution in [3.05, 3.63) is 102 Å². The van der Waals surface area contributed by atoms with Crippen molar-refractivity contribution in [2.24, 2.45) is 0 Å². The number of piperazine rings is 1. The molecular weight excluding hydrogens is 462 g/mol. The molecule has 4 heterocycles. The van der Waals surface area contributed by atoms with Gasteiger partial charge in [-0.1, -0.05) is 42.5 Å². The maximum Gasteiger partial charge on any atom is 0.256 e. The highest BCUT2D eigenvalue weighted by molar-refractivity contribution is 6.06. The van der Waals surface area contributed by atoms with Gasteiger partial charge < -0.3 is 24.4 Å². The fourth-order valence-electron chi connectivity index (χ4n) is 5.51. The van der Waals surface area contributed by atoms with Gasteiger partial charge in [-0.25, -0.2) is 0 Å². The largest absolute Gasteiger partial charge is 0.378 e. The van der Waals surface area contributed by atoms with Crippen molar-refractivity contribution in [1.82, 2.24) is 19.7 Å². The number of nitrogens with zero attached hydrogens (tertiary/aromatic N) is 4. The molecule has 2 saturated heterocycles. The molecule has 0 unspecified atom stereocenters. The zero-order chi connectivity index (χ0) is 25.2. The molecule has 3 aliphatic heterocycles. The summed E-state index contributed by atoms with van der Waals surface area (Å²) in [6.07, 6.45) is 8.40. The van der Waals surface area contributed by atoms with E-state index in [0.717, 1.165) is 61.5 Å². The van der Waals surface area contributed by atoms with Gasteiger partial charge in [0.25, 0.3) is 5.91 Å². The summed E-state index contributed by atoms with van der Waals surface area (Å²) in [5.74, 6) is 1.28. The molecule has 0 aliphatic carbocycles. The second-order valence-electron chi connectivity index (χ2n) is 9.67. The maximum atomic E-state index is 13.4. The van der Waals surface area contributed by atoms with Crippen LogP contribution < -0.4 is 4.90 Å². The third-order valence-electron chi connectivity index (χ3n) is 7.44. The number of morpholine rings is 1. The number of carbonyl (C=O) groups excluding carboxylic acids is 1. The van der Waals surface area contributed by atoms with Crippen LogP contribution in [0.2, 0.25) is 0 Å². The minimum atomic E-state index is 0.0966. The summed E-state index contributed by atoms with van der Waals surface area (Å²) in [5.41, 5.74) is 5.26. The second kappa shape index (κ2) is 10.2. The van der Waals surface area contributed by atoms with Crippen molar-refractivity contribution in [3.8, 4) is 0 Å². The lowest BCUT2D eigenvalue weighted by Crippen LogP contribution is -2.50. The number of aromatic nitrogens is 1. The van der Waals surface area contributed by atoms with Crippen LogP contribution in [-0.4, -0.2) is 78.1 Å². The Hall–Kier alpha value is -3.97. The number of anilines is 1. The van der Waals surface area contributed by atoms with Gasteiger partial charge in [-0.2, -0.15) is 0 Å². The second-order valence-corrected chi connectivity index (χ2v) is 9.67. The van der Waals surface area contributed by atoms with Crippen LogP contribution in [0.25, 0.3) is 10.9 Å². The number of para-hydroxylation sites is 2. The van der Waals surface area contributed by atoms with Gasteiger partial charge >= 0.3 is 0 Å². The van der Waals surface area contributed by atoms with Gasteiger partial charge in [0.2, 0.25) is 0 Å². The van der Waals surface area contributed by atoms with E-state index in [9.17, 15) is 4.79 Å². The zero-order valence-corrected chi connectivity index (χ0v) is 21.3. The molecule has 37 heavy (non-hydrogen) atoms. The molecule has 190 valence electrons. The molecule has 3 aliphatic rings. The first-order valence-corrected chi connectivity index (χ1v) is 13.1. The fraction of sp³-hybridized carbons (Fsp3) is 0.300. The van der Waals surface area contributed by atoms with Crippen molar-refractivity contribution < 1.29 is 9.53 Å². The number of rotatable bonds is 4. The number of ether oxygens (including phenoxy) is 1. The molecule has 0 atom stereocenters. The molecule has 3 aromatic rings. The number of benzene rings is 2. The first kappa shape index (κ1) is 23.4. The number of carbonyl (C=O) groups is 1. The summed E-state index contributed by atoms with van der Waals surface area (Å²) in [6.45, 7) is 8.24. The van der Waals surface area contributed by atoms with Crippen molar-refractivity contribution in [1.29, 1.82) is 0 Å². The van der Waals surface area contributed by atoms with E-state index in [4.69, 9.17) is 4.74 Å². The number of H-pyrrole nitrogens is 1. The SMILES string of the molecule is CC1=CC=CC(N2CCN(C(=O)c3c[nH]c4ccccc34)CC2)=C(N2CCOCC2)N1c1ccccc1. The lowest BCUT2D eigenvalue weighted by atomic mass is 10.1. The topological polar surface area (TPSA) is 55.1 Å². The minimum absolute atomic E-state index is 0.0966. The van der Waals surface area contributed by atoms with Crippen LogP contribution in [0.4, 0.5) is 5.69 Å². The molecule has 1 amide bonds. The molecule has 2 aromatic carbocycles. The Kier molecular flexibility index (Phi) is 6.45. The molecule has 0 radical (unpaired) electrons.